The maximum atomic E-state index is 10.7. The predicted octanol–water partition coefficient (Wildman–Crippen LogP) is 1.90. The zero-order valence-corrected chi connectivity index (χ0v) is 12.9. The largest absolute Gasteiger partial charge is 0.741 e. The molecule has 0 atom stereocenters. The molecule has 0 aliphatic heterocycles. The zero-order valence-electron chi connectivity index (χ0n) is 11.3. The quantitative estimate of drug-likeness (QED) is 0.268. The van der Waals surface area contributed by atoms with Crippen molar-refractivity contribution in [2.75, 3.05) is 12.5 Å². The van der Waals surface area contributed by atoms with Crippen molar-refractivity contribution in [3.05, 3.63) is 24.3 Å². The van der Waals surface area contributed by atoms with E-state index in [4.69, 9.17) is 17.7 Å². The topological polar surface area (TPSA) is 83.5 Å². The lowest BCUT2D eigenvalue weighted by molar-refractivity contribution is -0.131. The van der Waals surface area contributed by atoms with Gasteiger partial charge in [0.05, 0.1) is 0 Å². The van der Waals surface area contributed by atoms with Crippen molar-refractivity contribution in [2.45, 2.75) is 17.3 Å². The van der Waals surface area contributed by atoms with Gasteiger partial charge in [-0.05, 0) is 24.3 Å². The average Bonchev–Trinajstić information content (AvgIpc) is 2.26. The number of alkyl halides is 3. The third-order valence-electron chi connectivity index (χ3n) is 1.84. The van der Waals surface area contributed by atoms with Crippen LogP contribution in [0.15, 0.2) is 29.2 Å². The van der Waals surface area contributed by atoms with E-state index >= 15 is 0 Å². The highest BCUT2D eigenvalue weighted by Crippen LogP contribution is 2.20. The molecule has 0 bridgehead atoms. The van der Waals surface area contributed by atoms with Gasteiger partial charge < -0.3 is 9.29 Å². The third-order valence-corrected chi connectivity index (χ3v) is 3.62. The number of hydrogen-bond donors (Lipinski definition) is 0. The molecule has 0 amide bonds. The van der Waals surface area contributed by atoms with Gasteiger partial charge in [0.2, 0.25) is 0 Å². The first-order chi connectivity index (χ1) is 9.34. The van der Waals surface area contributed by atoms with Crippen molar-refractivity contribution in [3.63, 3.8) is 0 Å². The summed E-state index contributed by atoms with van der Waals surface area (Å²) in [6, 6.07) is 7.62. The minimum Gasteiger partial charge on any atom is -0.741 e. The Labute approximate surface area is 123 Å². The fourth-order valence-corrected chi connectivity index (χ4v) is 1.63. The molecule has 1 rings (SSSR count). The van der Waals surface area contributed by atoms with E-state index in [2.05, 4.69) is 12.5 Å². The molecule has 0 aliphatic carbocycles. The van der Waals surface area contributed by atoms with Crippen molar-refractivity contribution in [1.82, 2.24) is 0 Å². The maximum absolute atomic E-state index is 10.7. The number of carbonyl (C=O) groups excluding carboxylic acids is 1. The highest BCUT2D eigenvalue weighted by Gasteiger charge is 2.36. The lowest BCUT2D eigenvalue weighted by Gasteiger charge is -2.08. The molecule has 21 heavy (non-hydrogen) atoms. The number of halogens is 3. The van der Waals surface area contributed by atoms with E-state index in [-0.39, 0.29) is 16.9 Å². The van der Waals surface area contributed by atoms with Gasteiger partial charge in [-0.25, -0.2) is 8.42 Å². The van der Waals surface area contributed by atoms with Gasteiger partial charge >= 0.3 is 11.5 Å². The van der Waals surface area contributed by atoms with Crippen LogP contribution in [-0.2, 0) is 25.8 Å². The van der Waals surface area contributed by atoms with E-state index in [0.717, 1.165) is 0 Å². The first kappa shape index (κ1) is 19.7. The highest BCUT2D eigenvalue weighted by atomic mass is 32.2. The van der Waals surface area contributed by atoms with Crippen LogP contribution in [0.3, 0.4) is 0 Å². The second kappa shape index (κ2) is 7.66. The second-order valence-electron chi connectivity index (χ2n) is 3.78. The number of ether oxygens (including phenoxy) is 1. The number of carbonyl (C=O) groups is 1. The SMILES string of the molecule is CC(=O)Oc1ccc([S+](C)C)cc1.O=S(=O)([O-])C(F)(F)F. The summed E-state index contributed by atoms with van der Waals surface area (Å²) in [6.45, 7) is 1.40. The van der Waals surface area contributed by atoms with Crippen LogP contribution >= 0.6 is 0 Å². The van der Waals surface area contributed by atoms with Gasteiger partial charge in [0.25, 0.3) is 0 Å². The maximum Gasteiger partial charge on any atom is 0.485 e. The summed E-state index contributed by atoms with van der Waals surface area (Å²) in [5, 5.41) is 0. The molecule has 0 saturated carbocycles. The van der Waals surface area contributed by atoms with E-state index < -0.39 is 15.6 Å². The Hall–Kier alpha value is -1.26. The molecule has 0 heterocycles. The van der Waals surface area contributed by atoms with Gasteiger partial charge in [0, 0.05) is 17.8 Å². The Bertz CT molecular complexity index is 565. The fourth-order valence-electron chi connectivity index (χ4n) is 0.946. The molecule has 1 aromatic carbocycles. The molecule has 0 N–H and O–H groups in total. The Balaban J connectivity index is 0.000000433. The second-order valence-corrected chi connectivity index (χ2v) is 7.26. The number of benzene rings is 1. The van der Waals surface area contributed by atoms with Gasteiger partial charge in [-0.1, -0.05) is 0 Å². The van der Waals surface area contributed by atoms with E-state index in [1.165, 1.54) is 11.8 Å². The summed E-state index contributed by atoms with van der Waals surface area (Å²) in [6.07, 6.45) is 4.31. The smallest absolute Gasteiger partial charge is 0.485 e. The van der Waals surface area contributed by atoms with Crippen molar-refractivity contribution in [3.8, 4) is 5.75 Å². The van der Waals surface area contributed by atoms with Crippen LogP contribution in [0.4, 0.5) is 13.2 Å². The molecular formula is C11H13F3O5S2. The monoisotopic (exact) mass is 346 g/mol. The molecule has 0 fully saturated rings. The van der Waals surface area contributed by atoms with Crippen LogP contribution in [0.2, 0.25) is 0 Å². The van der Waals surface area contributed by atoms with Crippen LogP contribution in [0.25, 0.3) is 0 Å². The first-order valence-electron chi connectivity index (χ1n) is 5.23. The molecule has 5 nitrogen and oxygen atoms in total. The Kier molecular flexibility index (Phi) is 7.20. The zero-order chi connectivity index (χ0) is 16.8. The number of hydrogen-bond acceptors (Lipinski definition) is 5. The van der Waals surface area contributed by atoms with Crippen LogP contribution in [-0.4, -0.2) is 37.0 Å². The minimum absolute atomic E-state index is 0.260. The van der Waals surface area contributed by atoms with Gasteiger partial charge in [0.15, 0.2) is 15.0 Å². The summed E-state index contributed by atoms with van der Waals surface area (Å²) in [5.41, 5.74) is -5.65. The standard InChI is InChI=1S/C10H13O2S.CHF3O3S/c1-8(11)12-9-4-6-10(7-5-9)13(2)3;2-1(3,4)8(5,6)7/h4-7H,1-3H3;(H,5,6,7)/q+1;/p-1. The van der Waals surface area contributed by atoms with Crippen molar-refractivity contribution in [2.24, 2.45) is 0 Å². The van der Waals surface area contributed by atoms with E-state index in [9.17, 15) is 18.0 Å². The van der Waals surface area contributed by atoms with E-state index in [0.29, 0.717) is 5.75 Å². The highest BCUT2D eigenvalue weighted by molar-refractivity contribution is 7.95. The fraction of sp³-hybridized carbons (Fsp3) is 0.364. The van der Waals surface area contributed by atoms with Gasteiger partial charge in [-0.3, -0.25) is 4.79 Å². The summed E-state index contributed by atoms with van der Waals surface area (Å²) < 4.78 is 63.8. The van der Waals surface area contributed by atoms with E-state index in [1.807, 2.05) is 24.3 Å². The van der Waals surface area contributed by atoms with Crippen LogP contribution in [0, 0.1) is 0 Å². The van der Waals surface area contributed by atoms with Crippen molar-refractivity contribution >= 4 is 27.0 Å². The lowest BCUT2D eigenvalue weighted by atomic mass is 10.3. The van der Waals surface area contributed by atoms with Gasteiger partial charge in [-0.2, -0.15) is 13.2 Å². The Morgan fingerprint density at radius 3 is 1.81 bits per heavy atom. The van der Waals surface area contributed by atoms with Gasteiger partial charge in [-0.15, -0.1) is 0 Å². The van der Waals surface area contributed by atoms with Gasteiger partial charge in [0.1, 0.15) is 18.3 Å². The average molecular weight is 346 g/mol. The Morgan fingerprint density at radius 2 is 1.57 bits per heavy atom. The van der Waals surface area contributed by atoms with Crippen LogP contribution in [0.1, 0.15) is 6.92 Å². The molecule has 120 valence electrons. The Morgan fingerprint density at radius 1 is 1.19 bits per heavy atom. The molecule has 0 radical (unpaired) electrons. The molecule has 0 aromatic heterocycles. The number of esters is 1. The van der Waals surface area contributed by atoms with Crippen LogP contribution < -0.4 is 4.74 Å². The molecule has 0 saturated heterocycles. The van der Waals surface area contributed by atoms with Crippen molar-refractivity contribution < 1.29 is 35.7 Å². The normalized spacial score (nSPS) is 11.6. The van der Waals surface area contributed by atoms with Crippen molar-refractivity contribution in [1.29, 1.82) is 0 Å². The first-order valence-corrected chi connectivity index (χ1v) is 8.67. The molecule has 0 aliphatic rings. The number of rotatable bonds is 2. The summed E-state index contributed by atoms with van der Waals surface area (Å²) >= 11 is 0. The van der Waals surface area contributed by atoms with E-state index in [1.54, 1.807) is 0 Å². The minimum atomic E-state index is -6.09. The molecule has 0 unspecified atom stereocenters. The lowest BCUT2D eigenvalue weighted by Crippen LogP contribution is -2.21. The predicted molar refractivity (Wildman–Crippen MR) is 71.0 cm³/mol. The van der Waals surface area contributed by atoms with Crippen LogP contribution in [0.5, 0.6) is 5.75 Å². The molecule has 10 heteroatoms. The summed E-state index contributed by atoms with van der Waals surface area (Å²) in [4.78, 5) is 11.9. The summed E-state index contributed by atoms with van der Waals surface area (Å²) in [5.74, 6) is 0.335. The summed E-state index contributed by atoms with van der Waals surface area (Å²) in [7, 11) is -5.83. The molecule has 0 spiro atoms. The third kappa shape index (κ3) is 7.93. The molecule has 1 aromatic rings. The molecular weight excluding hydrogens is 333 g/mol.